The molecule has 2 unspecified atom stereocenters. The molecule has 1 aromatic rings. The van der Waals surface area contributed by atoms with E-state index in [0.717, 1.165) is 18.7 Å². The molecule has 2 rings (SSSR count). The highest BCUT2D eigenvalue weighted by atomic mass is 35.5. The summed E-state index contributed by atoms with van der Waals surface area (Å²) in [6.45, 7) is 2.97. The zero-order chi connectivity index (χ0) is 15.4. The van der Waals surface area contributed by atoms with Crippen molar-refractivity contribution in [2.45, 2.75) is 25.4 Å². The predicted molar refractivity (Wildman–Crippen MR) is 80.2 cm³/mol. The minimum Gasteiger partial charge on any atom is -0.394 e. The lowest BCUT2D eigenvalue weighted by Gasteiger charge is -2.20. The van der Waals surface area contributed by atoms with E-state index in [-0.39, 0.29) is 29.7 Å². The number of hydrogen-bond acceptors (Lipinski definition) is 3. The molecule has 5 nitrogen and oxygen atoms in total. The standard InChI is InChI=1S/C14H19ClFN3O2/c1-9(8-20)17-14(21)18-10-4-5-19(7-10)11-2-3-12(15)13(16)6-11/h2-3,6,9-10,20H,4-5,7-8H2,1H3,(H2,17,18,21). The van der Waals surface area contributed by atoms with E-state index in [9.17, 15) is 9.18 Å². The van der Waals surface area contributed by atoms with Gasteiger partial charge in [-0.1, -0.05) is 11.6 Å². The van der Waals surface area contributed by atoms with E-state index in [0.29, 0.717) is 6.54 Å². The van der Waals surface area contributed by atoms with Gasteiger partial charge in [0.15, 0.2) is 0 Å². The number of hydrogen-bond donors (Lipinski definition) is 3. The van der Waals surface area contributed by atoms with Crippen molar-refractivity contribution in [2.75, 3.05) is 24.6 Å². The molecule has 3 N–H and O–H groups in total. The summed E-state index contributed by atoms with van der Waals surface area (Å²) < 4.78 is 13.5. The predicted octanol–water partition coefficient (Wildman–Crippen LogP) is 1.74. The fourth-order valence-corrected chi connectivity index (χ4v) is 2.41. The fourth-order valence-electron chi connectivity index (χ4n) is 2.29. The molecule has 1 aliphatic heterocycles. The van der Waals surface area contributed by atoms with Crippen LogP contribution in [0.4, 0.5) is 14.9 Å². The lowest BCUT2D eigenvalue weighted by molar-refractivity contribution is 0.218. The molecule has 1 fully saturated rings. The maximum atomic E-state index is 13.5. The minimum absolute atomic E-state index is 0.00497. The number of aliphatic hydroxyl groups excluding tert-OH is 1. The Morgan fingerprint density at radius 2 is 2.38 bits per heavy atom. The summed E-state index contributed by atoms with van der Waals surface area (Å²) in [6, 6.07) is 4.11. The zero-order valence-electron chi connectivity index (χ0n) is 11.8. The van der Waals surface area contributed by atoms with Crippen molar-refractivity contribution in [3.63, 3.8) is 0 Å². The van der Waals surface area contributed by atoms with Crippen molar-refractivity contribution in [1.82, 2.24) is 10.6 Å². The molecule has 0 aliphatic carbocycles. The van der Waals surface area contributed by atoms with E-state index < -0.39 is 5.82 Å². The molecule has 2 amide bonds. The highest BCUT2D eigenvalue weighted by Gasteiger charge is 2.24. The Labute approximate surface area is 128 Å². The van der Waals surface area contributed by atoms with Crippen LogP contribution in [0.1, 0.15) is 13.3 Å². The molecule has 1 aromatic carbocycles. The highest BCUT2D eigenvalue weighted by Crippen LogP contribution is 2.24. The molecular weight excluding hydrogens is 297 g/mol. The van der Waals surface area contributed by atoms with Gasteiger partial charge < -0.3 is 20.6 Å². The highest BCUT2D eigenvalue weighted by molar-refractivity contribution is 6.30. The van der Waals surface area contributed by atoms with Crippen LogP contribution in [0.3, 0.4) is 0 Å². The number of carbonyl (C=O) groups excluding carboxylic acids is 1. The Morgan fingerprint density at radius 1 is 1.62 bits per heavy atom. The Morgan fingerprint density at radius 3 is 3.05 bits per heavy atom. The van der Waals surface area contributed by atoms with Gasteiger partial charge in [-0.05, 0) is 31.5 Å². The fraction of sp³-hybridized carbons (Fsp3) is 0.500. The summed E-state index contributed by atoms with van der Waals surface area (Å²) in [7, 11) is 0. The second-order valence-corrected chi connectivity index (χ2v) is 5.64. The number of amides is 2. The van der Waals surface area contributed by atoms with Crippen LogP contribution in [0.5, 0.6) is 0 Å². The Kier molecular flexibility index (Phi) is 5.25. The quantitative estimate of drug-likeness (QED) is 0.793. The van der Waals surface area contributed by atoms with Crippen LogP contribution in [0.15, 0.2) is 18.2 Å². The van der Waals surface area contributed by atoms with Crippen LogP contribution in [0.2, 0.25) is 5.02 Å². The van der Waals surface area contributed by atoms with Crippen LogP contribution in [-0.4, -0.2) is 42.9 Å². The summed E-state index contributed by atoms with van der Waals surface area (Å²) >= 11 is 5.67. The van der Waals surface area contributed by atoms with E-state index in [1.807, 2.05) is 4.90 Å². The van der Waals surface area contributed by atoms with Gasteiger partial charge in [-0.25, -0.2) is 9.18 Å². The van der Waals surface area contributed by atoms with Gasteiger partial charge in [0.25, 0.3) is 0 Å². The molecule has 7 heteroatoms. The molecule has 116 valence electrons. The maximum absolute atomic E-state index is 13.5. The van der Waals surface area contributed by atoms with Gasteiger partial charge in [0, 0.05) is 24.8 Å². The number of halogens is 2. The summed E-state index contributed by atoms with van der Waals surface area (Å²) in [4.78, 5) is 13.7. The van der Waals surface area contributed by atoms with Crippen molar-refractivity contribution >= 4 is 23.3 Å². The van der Waals surface area contributed by atoms with Crippen molar-refractivity contribution in [3.8, 4) is 0 Å². The number of anilines is 1. The molecule has 1 aliphatic rings. The first-order valence-electron chi connectivity index (χ1n) is 6.87. The largest absolute Gasteiger partial charge is 0.394 e. The topological polar surface area (TPSA) is 64.6 Å². The minimum atomic E-state index is -0.444. The number of aliphatic hydroxyl groups is 1. The first-order valence-corrected chi connectivity index (χ1v) is 7.25. The van der Waals surface area contributed by atoms with Crippen molar-refractivity contribution in [2.24, 2.45) is 0 Å². The molecule has 21 heavy (non-hydrogen) atoms. The number of rotatable bonds is 4. The molecule has 1 heterocycles. The molecule has 1 saturated heterocycles. The Hall–Kier alpha value is -1.53. The molecule has 0 spiro atoms. The molecule has 0 radical (unpaired) electrons. The van der Waals surface area contributed by atoms with Crippen molar-refractivity contribution in [1.29, 1.82) is 0 Å². The third kappa shape index (κ3) is 4.22. The van der Waals surface area contributed by atoms with Crippen molar-refractivity contribution in [3.05, 3.63) is 29.0 Å². The second kappa shape index (κ2) is 6.95. The third-order valence-electron chi connectivity index (χ3n) is 3.44. The Balaban J connectivity index is 1.88. The number of carbonyl (C=O) groups is 1. The second-order valence-electron chi connectivity index (χ2n) is 5.23. The summed E-state index contributed by atoms with van der Waals surface area (Å²) in [6.07, 6.45) is 0.783. The van der Waals surface area contributed by atoms with Gasteiger partial charge in [0.1, 0.15) is 5.82 Å². The summed E-state index contributed by atoms with van der Waals surface area (Å²) in [5.41, 5.74) is 0.755. The van der Waals surface area contributed by atoms with E-state index in [2.05, 4.69) is 10.6 Å². The third-order valence-corrected chi connectivity index (χ3v) is 3.75. The van der Waals surface area contributed by atoms with Crippen molar-refractivity contribution < 1.29 is 14.3 Å². The van der Waals surface area contributed by atoms with E-state index in [1.165, 1.54) is 12.1 Å². The van der Waals surface area contributed by atoms with E-state index in [4.69, 9.17) is 16.7 Å². The number of urea groups is 1. The van der Waals surface area contributed by atoms with Gasteiger partial charge in [-0.15, -0.1) is 0 Å². The van der Waals surface area contributed by atoms with Gasteiger partial charge >= 0.3 is 6.03 Å². The molecule has 0 aromatic heterocycles. The maximum Gasteiger partial charge on any atom is 0.315 e. The average molecular weight is 316 g/mol. The smallest absolute Gasteiger partial charge is 0.315 e. The first kappa shape index (κ1) is 15.9. The number of nitrogens with zero attached hydrogens (tertiary/aromatic N) is 1. The van der Waals surface area contributed by atoms with E-state index >= 15 is 0 Å². The molecular formula is C14H19ClFN3O2. The molecule has 2 atom stereocenters. The SMILES string of the molecule is CC(CO)NC(=O)NC1CCN(c2ccc(Cl)c(F)c2)C1. The van der Waals surface area contributed by atoms with Gasteiger partial charge in [-0.2, -0.15) is 0 Å². The zero-order valence-corrected chi connectivity index (χ0v) is 12.5. The normalized spacial score (nSPS) is 19.4. The van der Waals surface area contributed by atoms with Crippen LogP contribution < -0.4 is 15.5 Å². The monoisotopic (exact) mass is 315 g/mol. The van der Waals surface area contributed by atoms with E-state index in [1.54, 1.807) is 13.0 Å². The van der Waals surface area contributed by atoms with Crippen LogP contribution in [0, 0.1) is 5.82 Å². The molecule has 0 bridgehead atoms. The summed E-state index contributed by atoms with van der Waals surface area (Å²) in [5, 5.41) is 14.5. The summed E-state index contributed by atoms with van der Waals surface area (Å²) in [5.74, 6) is -0.444. The number of nitrogens with one attached hydrogen (secondary N) is 2. The number of benzene rings is 1. The lowest BCUT2D eigenvalue weighted by Crippen LogP contribution is -2.47. The van der Waals surface area contributed by atoms with Crippen LogP contribution in [-0.2, 0) is 0 Å². The molecule has 0 saturated carbocycles. The van der Waals surface area contributed by atoms with Gasteiger partial charge in [0.05, 0.1) is 17.7 Å². The first-order chi connectivity index (χ1) is 9.99. The van der Waals surface area contributed by atoms with Gasteiger partial charge in [-0.3, -0.25) is 0 Å². The Bertz CT molecular complexity index is 515. The van der Waals surface area contributed by atoms with Gasteiger partial charge in [0.2, 0.25) is 0 Å². The van der Waals surface area contributed by atoms with Crippen LogP contribution >= 0.6 is 11.6 Å². The average Bonchev–Trinajstić information content (AvgIpc) is 2.90. The lowest BCUT2D eigenvalue weighted by atomic mass is 10.2. The van der Waals surface area contributed by atoms with Crippen LogP contribution in [0.25, 0.3) is 0 Å².